The van der Waals surface area contributed by atoms with Crippen LogP contribution in [0.15, 0.2) is 35.3 Å². The van der Waals surface area contributed by atoms with E-state index >= 15 is 0 Å². The average Bonchev–Trinajstić information content (AvgIpc) is 2.61. The molecule has 2 aromatic carbocycles. The standard InChI is InChI=1S/C22H28ClFN2O/c1-7-26(6)14-25-20-11-16(13-24)21(10-15(20)2)27-17-8-9-19(23)18(12-17)22(3,4)5/h8-12,14H,7,13H2,1-6H3. The molecule has 146 valence electrons. The van der Waals surface area contributed by atoms with Crippen molar-refractivity contribution in [1.29, 1.82) is 0 Å². The Labute approximate surface area is 166 Å². The molecule has 0 saturated heterocycles. The molecule has 0 spiro atoms. The van der Waals surface area contributed by atoms with Gasteiger partial charge < -0.3 is 9.64 Å². The number of rotatable bonds is 6. The molecule has 0 fully saturated rings. The van der Waals surface area contributed by atoms with Gasteiger partial charge in [0, 0.05) is 24.2 Å². The third kappa shape index (κ3) is 5.46. The Hall–Kier alpha value is -2.07. The molecule has 0 bridgehead atoms. The van der Waals surface area contributed by atoms with Gasteiger partial charge in [0.15, 0.2) is 0 Å². The highest BCUT2D eigenvalue weighted by Gasteiger charge is 2.19. The summed E-state index contributed by atoms with van der Waals surface area (Å²) in [5.74, 6) is 1.14. The van der Waals surface area contributed by atoms with Crippen molar-refractivity contribution in [2.45, 2.75) is 46.7 Å². The number of benzene rings is 2. The van der Waals surface area contributed by atoms with E-state index in [0.29, 0.717) is 22.1 Å². The summed E-state index contributed by atoms with van der Waals surface area (Å²) in [5.41, 5.74) is 3.01. The van der Waals surface area contributed by atoms with E-state index in [1.165, 1.54) is 0 Å². The zero-order valence-corrected chi connectivity index (χ0v) is 17.7. The molecule has 2 rings (SSSR count). The highest BCUT2D eigenvalue weighted by atomic mass is 35.5. The van der Waals surface area contributed by atoms with Crippen LogP contribution in [0.5, 0.6) is 11.5 Å². The largest absolute Gasteiger partial charge is 0.457 e. The van der Waals surface area contributed by atoms with Gasteiger partial charge in [-0.1, -0.05) is 32.4 Å². The molecule has 0 amide bonds. The molecular weight excluding hydrogens is 363 g/mol. The van der Waals surface area contributed by atoms with Crippen molar-refractivity contribution in [3.8, 4) is 11.5 Å². The second-order valence-electron chi connectivity index (χ2n) is 7.69. The van der Waals surface area contributed by atoms with E-state index in [0.717, 1.165) is 23.4 Å². The summed E-state index contributed by atoms with van der Waals surface area (Å²) in [4.78, 5) is 6.41. The maximum atomic E-state index is 13.6. The summed E-state index contributed by atoms with van der Waals surface area (Å²) < 4.78 is 19.6. The molecule has 0 saturated carbocycles. The van der Waals surface area contributed by atoms with Crippen molar-refractivity contribution in [3.63, 3.8) is 0 Å². The summed E-state index contributed by atoms with van der Waals surface area (Å²) in [5, 5.41) is 0.696. The number of halogens is 2. The molecule has 0 radical (unpaired) electrons. The minimum absolute atomic E-state index is 0.112. The second kappa shape index (κ2) is 8.75. The summed E-state index contributed by atoms with van der Waals surface area (Å²) in [6.45, 7) is 10.5. The number of aryl methyl sites for hydroxylation is 1. The normalized spacial score (nSPS) is 11.9. The van der Waals surface area contributed by atoms with Crippen LogP contribution in [0, 0.1) is 6.92 Å². The van der Waals surface area contributed by atoms with Crippen LogP contribution in [0.1, 0.15) is 44.4 Å². The first kappa shape index (κ1) is 21.2. The van der Waals surface area contributed by atoms with E-state index in [2.05, 4.69) is 25.8 Å². The summed E-state index contributed by atoms with van der Waals surface area (Å²) in [7, 11) is 1.94. The van der Waals surface area contributed by atoms with Crippen LogP contribution in [-0.2, 0) is 12.1 Å². The van der Waals surface area contributed by atoms with Crippen molar-refractivity contribution in [2.75, 3.05) is 13.6 Å². The Morgan fingerprint density at radius 2 is 1.93 bits per heavy atom. The van der Waals surface area contributed by atoms with Crippen LogP contribution in [0.4, 0.5) is 10.1 Å². The maximum absolute atomic E-state index is 13.6. The van der Waals surface area contributed by atoms with Crippen molar-refractivity contribution in [2.24, 2.45) is 4.99 Å². The van der Waals surface area contributed by atoms with Gasteiger partial charge in [0.1, 0.15) is 18.2 Å². The highest BCUT2D eigenvalue weighted by molar-refractivity contribution is 6.31. The second-order valence-corrected chi connectivity index (χ2v) is 8.10. The molecule has 3 nitrogen and oxygen atoms in total. The number of hydrogen-bond acceptors (Lipinski definition) is 2. The van der Waals surface area contributed by atoms with E-state index in [4.69, 9.17) is 16.3 Å². The Morgan fingerprint density at radius 1 is 1.22 bits per heavy atom. The van der Waals surface area contributed by atoms with Crippen LogP contribution < -0.4 is 4.74 Å². The van der Waals surface area contributed by atoms with Crippen LogP contribution in [0.2, 0.25) is 5.02 Å². The Bertz CT molecular complexity index is 828. The molecule has 0 unspecified atom stereocenters. The van der Waals surface area contributed by atoms with Crippen LogP contribution in [0.25, 0.3) is 0 Å². The number of ether oxygens (including phenoxy) is 1. The Morgan fingerprint density at radius 3 is 2.52 bits per heavy atom. The molecular formula is C22H28ClFN2O. The minimum atomic E-state index is -0.624. The maximum Gasteiger partial charge on any atom is 0.133 e. The van der Waals surface area contributed by atoms with E-state index in [9.17, 15) is 4.39 Å². The molecule has 5 heteroatoms. The first-order valence-corrected chi connectivity index (χ1v) is 9.45. The zero-order valence-electron chi connectivity index (χ0n) is 16.9. The third-order valence-electron chi connectivity index (χ3n) is 4.39. The SMILES string of the molecule is CCN(C)C=Nc1cc(CF)c(Oc2ccc(Cl)c(C(C)(C)C)c2)cc1C. The Kier molecular flexibility index (Phi) is 6.88. The van der Waals surface area contributed by atoms with Crippen molar-refractivity contribution in [1.82, 2.24) is 4.90 Å². The predicted octanol–water partition coefficient (Wildman–Crippen LogP) is 6.82. The van der Waals surface area contributed by atoms with Gasteiger partial charge in [0.25, 0.3) is 0 Å². The van der Waals surface area contributed by atoms with Crippen LogP contribution in [0.3, 0.4) is 0 Å². The molecule has 0 aromatic heterocycles. The van der Waals surface area contributed by atoms with Gasteiger partial charge in [0.2, 0.25) is 0 Å². The van der Waals surface area contributed by atoms with E-state index in [1.807, 2.05) is 44.0 Å². The number of nitrogens with zero attached hydrogens (tertiary/aromatic N) is 2. The van der Waals surface area contributed by atoms with Crippen molar-refractivity contribution >= 4 is 23.6 Å². The number of hydrogen-bond donors (Lipinski definition) is 0. The van der Waals surface area contributed by atoms with Gasteiger partial charge >= 0.3 is 0 Å². The lowest BCUT2D eigenvalue weighted by atomic mass is 9.87. The fourth-order valence-electron chi connectivity index (χ4n) is 2.56. The lowest BCUT2D eigenvalue weighted by Crippen LogP contribution is -2.14. The monoisotopic (exact) mass is 390 g/mol. The van der Waals surface area contributed by atoms with Gasteiger partial charge in [0.05, 0.1) is 12.0 Å². The fraction of sp³-hybridized carbons (Fsp3) is 0.409. The predicted molar refractivity (Wildman–Crippen MR) is 113 cm³/mol. The molecule has 0 aliphatic rings. The smallest absolute Gasteiger partial charge is 0.133 e. The Balaban J connectivity index is 2.37. The molecule has 0 aliphatic carbocycles. The van der Waals surface area contributed by atoms with E-state index < -0.39 is 6.67 Å². The summed E-state index contributed by atoms with van der Waals surface area (Å²) >= 11 is 6.33. The molecule has 0 N–H and O–H groups in total. The topological polar surface area (TPSA) is 24.8 Å². The van der Waals surface area contributed by atoms with Gasteiger partial charge in [-0.15, -0.1) is 0 Å². The quantitative estimate of drug-likeness (QED) is 0.399. The van der Waals surface area contributed by atoms with Crippen molar-refractivity contribution < 1.29 is 9.13 Å². The minimum Gasteiger partial charge on any atom is -0.457 e. The highest BCUT2D eigenvalue weighted by Crippen LogP contribution is 2.36. The first-order valence-electron chi connectivity index (χ1n) is 9.07. The zero-order chi connectivity index (χ0) is 20.2. The third-order valence-corrected chi connectivity index (χ3v) is 4.72. The first-order chi connectivity index (χ1) is 12.7. The lowest BCUT2D eigenvalue weighted by molar-refractivity contribution is 0.438. The van der Waals surface area contributed by atoms with Crippen molar-refractivity contribution in [3.05, 3.63) is 52.0 Å². The van der Waals surface area contributed by atoms with Gasteiger partial charge in [-0.05, 0) is 60.7 Å². The lowest BCUT2D eigenvalue weighted by Gasteiger charge is -2.22. The van der Waals surface area contributed by atoms with Crippen LogP contribution in [-0.4, -0.2) is 24.8 Å². The van der Waals surface area contributed by atoms with Crippen LogP contribution >= 0.6 is 11.6 Å². The van der Waals surface area contributed by atoms with Gasteiger partial charge in [-0.2, -0.15) is 0 Å². The molecule has 0 aliphatic heterocycles. The van der Waals surface area contributed by atoms with Gasteiger partial charge in [-0.25, -0.2) is 9.38 Å². The average molecular weight is 391 g/mol. The molecule has 2 aromatic rings. The number of alkyl halides is 1. The summed E-state index contributed by atoms with van der Waals surface area (Å²) in [6.07, 6.45) is 1.75. The van der Waals surface area contributed by atoms with E-state index in [1.54, 1.807) is 18.5 Å². The summed E-state index contributed by atoms with van der Waals surface area (Å²) in [6, 6.07) is 9.11. The van der Waals surface area contributed by atoms with Gasteiger partial charge in [-0.3, -0.25) is 0 Å². The molecule has 27 heavy (non-hydrogen) atoms. The molecule has 0 heterocycles. The molecule has 0 atom stereocenters. The fourth-order valence-corrected chi connectivity index (χ4v) is 2.96. The van der Waals surface area contributed by atoms with E-state index in [-0.39, 0.29) is 5.41 Å². The number of aliphatic imine (C=N–C) groups is 1.